The highest BCUT2D eigenvalue weighted by atomic mass is 16.1. The van der Waals surface area contributed by atoms with Crippen LogP contribution in [-0.4, -0.2) is 17.2 Å². The highest BCUT2D eigenvalue weighted by Gasteiger charge is 2.13. The molecule has 32 heavy (non-hydrogen) atoms. The molecule has 0 aliphatic heterocycles. The van der Waals surface area contributed by atoms with Crippen molar-refractivity contribution >= 4 is 28.8 Å². The van der Waals surface area contributed by atoms with Crippen LogP contribution < -0.4 is 16.0 Å². The second-order valence-electron chi connectivity index (χ2n) is 8.27. The molecule has 3 aromatic carbocycles. The number of hydrogen-bond acceptors (Lipinski definition) is 2. The number of nitrogens with one attached hydrogen (secondary N) is 1. The van der Waals surface area contributed by atoms with Crippen LogP contribution in [0.3, 0.4) is 0 Å². The molecular formula is C29H26N2O. The quantitative estimate of drug-likeness (QED) is 0.459. The number of para-hydroxylation sites is 1. The minimum absolute atomic E-state index is 0.0956. The Balaban J connectivity index is 1.34. The van der Waals surface area contributed by atoms with Crippen LogP contribution in [0.2, 0.25) is 0 Å². The van der Waals surface area contributed by atoms with Gasteiger partial charge >= 0.3 is 0 Å². The zero-order valence-corrected chi connectivity index (χ0v) is 18.0. The van der Waals surface area contributed by atoms with Gasteiger partial charge in [0.25, 0.3) is 0 Å². The summed E-state index contributed by atoms with van der Waals surface area (Å²) >= 11 is 0. The number of aliphatic imine (C=N–C) groups is 1. The molecule has 1 aliphatic rings. The van der Waals surface area contributed by atoms with Crippen molar-refractivity contribution in [2.24, 2.45) is 4.99 Å². The first-order valence-corrected chi connectivity index (χ1v) is 11.3. The Kier molecular flexibility index (Phi) is 5.80. The van der Waals surface area contributed by atoms with Crippen LogP contribution in [0.1, 0.15) is 36.3 Å². The number of fused-ring (bicyclic) bond motifs is 2. The molecule has 0 unspecified atom stereocenters. The lowest BCUT2D eigenvalue weighted by Crippen LogP contribution is -2.43. The third kappa shape index (κ3) is 4.19. The van der Waals surface area contributed by atoms with E-state index in [1.165, 1.54) is 11.1 Å². The molecule has 1 N–H and O–H groups in total. The Hall–Kier alpha value is -3.72. The van der Waals surface area contributed by atoms with Gasteiger partial charge in [-0.3, -0.25) is 9.79 Å². The Morgan fingerprint density at radius 2 is 1.50 bits per heavy atom. The fourth-order valence-corrected chi connectivity index (χ4v) is 4.54. The number of aromatic amines is 1. The monoisotopic (exact) mass is 418 g/mol. The minimum Gasteiger partial charge on any atom is -0.354 e. The van der Waals surface area contributed by atoms with E-state index in [4.69, 9.17) is 4.99 Å². The normalized spacial score (nSPS) is 14.2. The minimum atomic E-state index is 0.0956. The van der Waals surface area contributed by atoms with Gasteiger partial charge < -0.3 is 4.98 Å². The summed E-state index contributed by atoms with van der Waals surface area (Å²) in [6.07, 6.45) is 6.81. The van der Waals surface area contributed by atoms with Gasteiger partial charge in [-0.15, -0.1) is 0 Å². The lowest BCUT2D eigenvalue weighted by atomic mass is 9.87. The Morgan fingerprint density at radius 3 is 2.22 bits per heavy atom. The van der Waals surface area contributed by atoms with Gasteiger partial charge in [0.2, 0.25) is 0 Å². The summed E-state index contributed by atoms with van der Waals surface area (Å²) in [6, 6.07) is 29.1. The summed E-state index contributed by atoms with van der Waals surface area (Å²) in [7, 11) is 0. The predicted octanol–water partition coefficient (Wildman–Crippen LogP) is 4.55. The maximum absolute atomic E-state index is 12.8. The molecule has 5 rings (SSSR count). The van der Waals surface area contributed by atoms with E-state index < -0.39 is 0 Å². The van der Waals surface area contributed by atoms with Crippen molar-refractivity contribution in [1.29, 1.82) is 0 Å². The zero-order valence-electron chi connectivity index (χ0n) is 18.0. The molecule has 0 amide bonds. The first-order chi connectivity index (χ1) is 15.8. The summed E-state index contributed by atoms with van der Waals surface area (Å²) < 4.78 is 0. The van der Waals surface area contributed by atoms with Crippen LogP contribution in [0.5, 0.6) is 0 Å². The number of nitrogens with zero attached hydrogens (tertiary/aromatic N) is 1. The van der Waals surface area contributed by atoms with Crippen molar-refractivity contribution in [2.45, 2.75) is 25.2 Å². The lowest BCUT2D eigenvalue weighted by Gasteiger charge is -2.17. The fourth-order valence-electron chi connectivity index (χ4n) is 4.54. The molecule has 1 aliphatic carbocycles. The molecular weight excluding hydrogens is 392 g/mol. The van der Waals surface area contributed by atoms with E-state index in [0.29, 0.717) is 12.3 Å². The third-order valence-corrected chi connectivity index (χ3v) is 6.17. The van der Waals surface area contributed by atoms with Gasteiger partial charge in [0.15, 0.2) is 5.43 Å². The van der Waals surface area contributed by atoms with Crippen LogP contribution in [-0.2, 0) is 0 Å². The van der Waals surface area contributed by atoms with Crippen LogP contribution in [0, 0.1) is 0 Å². The first-order valence-electron chi connectivity index (χ1n) is 11.3. The zero-order chi connectivity index (χ0) is 21.8. The van der Waals surface area contributed by atoms with E-state index in [9.17, 15) is 4.79 Å². The molecule has 0 saturated heterocycles. The molecule has 3 nitrogen and oxygen atoms in total. The summed E-state index contributed by atoms with van der Waals surface area (Å²) in [6.45, 7) is 0.781. The number of hydrogen-bond donors (Lipinski definition) is 1. The largest absolute Gasteiger partial charge is 0.354 e. The molecule has 1 aromatic heterocycles. The Bertz CT molecular complexity index is 1390. The van der Waals surface area contributed by atoms with Crippen molar-refractivity contribution < 1.29 is 0 Å². The highest BCUT2D eigenvalue weighted by molar-refractivity contribution is 6.13. The molecule has 0 bridgehead atoms. The van der Waals surface area contributed by atoms with Gasteiger partial charge in [-0.25, -0.2) is 0 Å². The maximum atomic E-state index is 12.8. The van der Waals surface area contributed by atoms with Gasteiger partial charge in [0.1, 0.15) is 0 Å². The molecule has 0 fully saturated rings. The van der Waals surface area contributed by atoms with Crippen LogP contribution in [0.4, 0.5) is 0 Å². The first kappa shape index (κ1) is 20.2. The summed E-state index contributed by atoms with van der Waals surface area (Å²) in [5.74, 6) is 0.378. The van der Waals surface area contributed by atoms with Crippen molar-refractivity contribution in [2.75, 3.05) is 6.54 Å². The van der Waals surface area contributed by atoms with E-state index in [-0.39, 0.29) is 5.43 Å². The van der Waals surface area contributed by atoms with Crippen molar-refractivity contribution in [1.82, 2.24) is 4.98 Å². The van der Waals surface area contributed by atoms with Crippen LogP contribution in [0.15, 0.2) is 94.7 Å². The molecule has 158 valence electrons. The number of benzene rings is 3. The summed E-state index contributed by atoms with van der Waals surface area (Å²) in [5, 5.41) is 2.37. The van der Waals surface area contributed by atoms with Gasteiger partial charge in [-0.2, -0.15) is 0 Å². The smallest absolute Gasteiger partial charge is 0.196 e. The lowest BCUT2D eigenvalue weighted by molar-refractivity contribution is 0.670. The van der Waals surface area contributed by atoms with Crippen molar-refractivity contribution in [3.05, 3.63) is 117 Å². The average Bonchev–Trinajstić information content (AvgIpc) is 2.85. The predicted molar refractivity (Wildman–Crippen MR) is 134 cm³/mol. The van der Waals surface area contributed by atoms with E-state index >= 15 is 0 Å². The standard InChI is InChI=1S/C29H26N2O/c32-29-25-14-7-8-16-27(25)31-28-20-23(17-18-26(28)29)30-19-9-15-24(21-10-3-1-4-11-21)22-12-5-2-6-13-22/h1-8,10-14,16,18,20,24,31H,9,15,17,19H2. The Labute approximate surface area is 187 Å². The Morgan fingerprint density at radius 1 is 0.844 bits per heavy atom. The SMILES string of the molecule is O=c1c2c([nH]c3ccccc13)=CC(=NCCCC(c1ccccc1)c1ccccc1)CC=2. The topological polar surface area (TPSA) is 45.2 Å². The fraction of sp³-hybridized carbons (Fsp3) is 0.172. The average molecular weight is 419 g/mol. The van der Waals surface area contributed by atoms with E-state index in [2.05, 4.69) is 65.6 Å². The van der Waals surface area contributed by atoms with Gasteiger partial charge in [-0.05, 0) is 42.2 Å². The van der Waals surface area contributed by atoms with Gasteiger partial charge in [0, 0.05) is 40.7 Å². The number of rotatable bonds is 6. The number of pyridine rings is 1. The maximum Gasteiger partial charge on any atom is 0.196 e. The highest BCUT2D eigenvalue weighted by Crippen LogP contribution is 2.29. The van der Waals surface area contributed by atoms with E-state index in [0.717, 1.165) is 46.6 Å². The van der Waals surface area contributed by atoms with E-state index in [1.807, 2.05) is 36.4 Å². The summed E-state index contributed by atoms with van der Waals surface area (Å²) in [4.78, 5) is 21.0. The van der Waals surface area contributed by atoms with Gasteiger partial charge in [-0.1, -0.05) is 78.9 Å². The summed E-state index contributed by atoms with van der Waals surface area (Å²) in [5.41, 5.74) is 4.69. The molecule has 4 aromatic rings. The molecule has 0 atom stereocenters. The van der Waals surface area contributed by atoms with E-state index in [1.54, 1.807) is 0 Å². The molecule has 0 saturated carbocycles. The third-order valence-electron chi connectivity index (χ3n) is 6.17. The molecule has 1 heterocycles. The van der Waals surface area contributed by atoms with Gasteiger partial charge in [0.05, 0.1) is 5.35 Å². The van der Waals surface area contributed by atoms with Crippen LogP contribution in [0.25, 0.3) is 23.1 Å². The number of aromatic nitrogens is 1. The second-order valence-corrected chi connectivity index (χ2v) is 8.27. The second kappa shape index (κ2) is 9.19. The molecule has 0 radical (unpaired) electrons. The van der Waals surface area contributed by atoms with Crippen molar-refractivity contribution in [3.8, 4) is 0 Å². The molecule has 0 spiro atoms. The molecule has 3 heteroatoms. The number of H-pyrrole nitrogens is 1. The van der Waals surface area contributed by atoms with Crippen molar-refractivity contribution in [3.63, 3.8) is 0 Å². The van der Waals surface area contributed by atoms with Crippen LogP contribution >= 0.6 is 0 Å².